The Kier molecular flexibility index (Phi) is 8.09. The number of nitrogen functional groups attached to an aromatic ring is 1. The van der Waals surface area contributed by atoms with Gasteiger partial charge in [-0.2, -0.15) is 4.98 Å². The number of aromatic nitrogens is 3. The average Bonchev–Trinajstić information content (AvgIpc) is 3.28. The number of nitrogens with two attached hydrogens (primary N) is 1. The van der Waals surface area contributed by atoms with Crippen LogP contribution in [-0.4, -0.2) is 64.7 Å². The van der Waals surface area contributed by atoms with Gasteiger partial charge in [-0.3, -0.25) is 0 Å². The monoisotopic (exact) mass is 556 g/mol. The Morgan fingerprint density at radius 1 is 1.20 bits per heavy atom. The lowest BCUT2D eigenvalue weighted by Gasteiger charge is -2.32. The fraction of sp³-hybridized carbons (Fsp3) is 0.438. The summed E-state index contributed by atoms with van der Waals surface area (Å²) in [5.41, 5.74) is 12.6. The molecule has 0 spiro atoms. The first-order valence-electron chi connectivity index (χ1n) is 14.7. The Labute approximate surface area is 240 Å². The maximum Gasteiger partial charge on any atom is 0.222 e. The number of anilines is 2. The zero-order valence-corrected chi connectivity index (χ0v) is 23.9. The molecular formula is C32H40N6O3. The molecule has 0 bridgehead atoms. The van der Waals surface area contributed by atoms with Gasteiger partial charge in [-0.25, -0.2) is 4.98 Å². The summed E-state index contributed by atoms with van der Waals surface area (Å²) >= 11 is 0. The normalized spacial score (nSPS) is 18.3. The second-order valence-corrected chi connectivity index (χ2v) is 11.2. The smallest absolute Gasteiger partial charge is 0.222 e. The van der Waals surface area contributed by atoms with Crippen LogP contribution in [0.25, 0.3) is 27.5 Å². The molecule has 2 aromatic heterocycles. The van der Waals surface area contributed by atoms with Gasteiger partial charge in [-0.05, 0) is 55.0 Å². The van der Waals surface area contributed by atoms with Crippen LogP contribution < -0.4 is 21.1 Å². The molecule has 0 saturated carbocycles. The van der Waals surface area contributed by atoms with Crippen LogP contribution in [0.1, 0.15) is 50.2 Å². The number of ether oxygens (including phenoxy) is 2. The van der Waals surface area contributed by atoms with E-state index in [-0.39, 0.29) is 18.6 Å². The van der Waals surface area contributed by atoms with Gasteiger partial charge in [0.05, 0.1) is 51.1 Å². The predicted molar refractivity (Wildman–Crippen MR) is 164 cm³/mol. The number of rotatable bonds is 11. The van der Waals surface area contributed by atoms with E-state index in [4.69, 9.17) is 15.2 Å². The SMILES string of the molecule is CCC[C@@H](CO)Nc1nc(N)nc2c3ccccc3n(Cc3cc(C4=CC(NC5COC5)CCC4)ccc3OC)c12. The van der Waals surface area contributed by atoms with Crippen molar-refractivity contribution in [3.8, 4) is 5.75 Å². The number of hydrogen-bond acceptors (Lipinski definition) is 8. The van der Waals surface area contributed by atoms with E-state index in [1.807, 2.05) is 12.1 Å². The summed E-state index contributed by atoms with van der Waals surface area (Å²) < 4.78 is 13.5. The molecule has 0 radical (unpaired) electrons. The number of fused-ring (bicyclic) bond motifs is 3. The molecule has 1 saturated heterocycles. The highest BCUT2D eigenvalue weighted by molar-refractivity contribution is 6.09. The second-order valence-electron chi connectivity index (χ2n) is 11.2. The number of benzene rings is 2. The van der Waals surface area contributed by atoms with Gasteiger partial charge in [0.15, 0.2) is 5.82 Å². The zero-order valence-electron chi connectivity index (χ0n) is 23.9. The molecule has 0 amide bonds. The van der Waals surface area contributed by atoms with Crippen LogP contribution in [-0.2, 0) is 11.3 Å². The summed E-state index contributed by atoms with van der Waals surface area (Å²) in [5, 5.41) is 18.2. The molecule has 3 heterocycles. The van der Waals surface area contributed by atoms with Crippen molar-refractivity contribution in [3.63, 3.8) is 0 Å². The number of aliphatic hydroxyl groups excluding tert-OH is 1. The summed E-state index contributed by atoms with van der Waals surface area (Å²) in [5.74, 6) is 1.68. The zero-order chi connectivity index (χ0) is 28.3. The predicted octanol–water partition coefficient (Wildman–Crippen LogP) is 4.72. The van der Waals surface area contributed by atoms with Crippen molar-refractivity contribution in [2.24, 2.45) is 0 Å². The van der Waals surface area contributed by atoms with Gasteiger partial charge in [-0.15, -0.1) is 0 Å². The highest BCUT2D eigenvalue weighted by atomic mass is 16.5. The minimum absolute atomic E-state index is 0.00801. The molecule has 9 heteroatoms. The molecule has 6 rings (SSSR count). The molecule has 216 valence electrons. The maximum atomic E-state index is 10.0. The Morgan fingerprint density at radius 3 is 2.80 bits per heavy atom. The van der Waals surface area contributed by atoms with Crippen molar-refractivity contribution in [3.05, 3.63) is 59.7 Å². The van der Waals surface area contributed by atoms with Gasteiger partial charge >= 0.3 is 0 Å². The van der Waals surface area contributed by atoms with E-state index in [2.05, 4.69) is 68.5 Å². The van der Waals surface area contributed by atoms with E-state index in [0.29, 0.717) is 24.4 Å². The summed E-state index contributed by atoms with van der Waals surface area (Å²) in [7, 11) is 1.72. The fourth-order valence-corrected chi connectivity index (χ4v) is 6.16. The largest absolute Gasteiger partial charge is 0.496 e. The summed E-state index contributed by atoms with van der Waals surface area (Å²) in [6.07, 6.45) is 7.52. The maximum absolute atomic E-state index is 10.0. The number of para-hydroxylation sites is 1. The molecule has 1 aliphatic carbocycles. The molecule has 2 aliphatic rings. The van der Waals surface area contributed by atoms with Gasteiger partial charge < -0.3 is 35.5 Å². The Morgan fingerprint density at radius 2 is 2.05 bits per heavy atom. The van der Waals surface area contributed by atoms with Gasteiger partial charge in [-0.1, -0.05) is 43.7 Å². The van der Waals surface area contributed by atoms with Crippen molar-refractivity contribution < 1.29 is 14.6 Å². The number of nitrogens with one attached hydrogen (secondary N) is 2. The van der Waals surface area contributed by atoms with Crippen LogP contribution in [0.4, 0.5) is 11.8 Å². The van der Waals surface area contributed by atoms with E-state index in [9.17, 15) is 5.11 Å². The third kappa shape index (κ3) is 5.62. The van der Waals surface area contributed by atoms with Crippen molar-refractivity contribution in [1.82, 2.24) is 19.9 Å². The van der Waals surface area contributed by atoms with Crippen LogP contribution in [0.15, 0.2) is 48.5 Å². The van der Waals surface area contributed by atoms with Crippen molar-refractivity contribution in [1.29, 1.82) is 0 Å². The quantitative estimate of drug-likeness (QED) is 0.210. The first kappa shape index (κ1) is 27.5. The van der Waals surface area contributed by atoms with Crippen LogP contribution in [0, 0.1) is 0 Å². The van der Waals surface area contributed by atoms with Crippen LogP contribution in [0.5, 0.6) is 5.75 Å². The van der Waals surface area contributed by atoms with E-state index < -0.39 is 0 Å². The molecule has 4 aromatic rings. The first-order valence-corrected chi connectivity index (χ1v) is 14.7. The summed E-state index contributed by atoms with van der Waals surface area (Å²) in [6, 6.07) is 15.4. The van der Waals surface area contributed by atoms with Crippen molar-refractivity contribution >= 4 is 39.3 Å². The van der Waals surface area contributed by atoms with E-state index in [0.717, 1.165) is 78.6 Å². The average molecular weight is 557 g/mol. The van der Waals surface area contributed by atoms with Gasteiger partial charge in [0, 0.05) is 17.0 Å². The Hall–Kier alpha value is -3.66. The third-order valence-corrected chi connectivity index (χ3v) is 8.25. The molecule has 41 heavy (non-hydrogen) atoms. The minimum atomic E-state index is -0.131. The van der Waals surface area contributed by atoms with Crippen molar-refractivity contribution in [2.75, 3.05) is 38.0 Å². The van der Waals surface area contributed by atoms with Gasteiger partial charge in [0.25, 0.3) is 0 Å². The number of hydrogen-bond donors (Lipinski definition) is 4. The lowest BCUT2D eigenvalue weighted by molar-refractivity contribution is -0.00832. The van der Waals surface area contributed by atoms with Crippen LogP contribution in [0.3, 0.4) is 0 Å². The molecule has 2 atom stereocenters. The highest BCUT2D eigenvalue weighted by Crippen LogP contribution is 2.36. The number of allylic oxidation sites excluding steroid dienone is 1. The molecule has 5 N–H and O–H groups in total. The fourth-order valence-electron chi connectivity index (χ4n) is 6.16. The van der Waals surface area contributed by atoms with E-state index >= 15 is 0 Å². The molecular weight excluding hydrogens is 516 g/mol. The molecule has 1 aliphatic heterocycles. The molecule has 1 unspecified atom stereocenters. The topological polar surface area (TPSA) is 119 Å². The van der Waals surface area contributed by atoms with Gasteiger partial charge in [0.1, 0.15) is 16.8 Å². The number of nitrogens with zero attached hydrogens (tertiary/aromatic N) is 3. The highest BCUT2D eigenvalue weighted by Gasteiger charge is 2.24. The summed E-state index contributed by atoms with van der Waals surface area (Å²) in [6.45, 7) is 4.28. The lowest BCUT2D eigenvalue weighted by Crippen LogP contribution is -2.50. The Balaban J connectivity index is 1.42. The second kappa shape index (κ2) is 12.1. The minimum Gasteiger partial charge on any atom is -0.496 e. The third-order valence-electron chi connectivity index (χ3n) is 8.25. The molecule has 1 fully saturated rings. The van der Waals surface area contributed by atoms with Crippen LogP contribution in [0.2, 0.25) is 0 Å². The van der Waals surface area contributed by atoms with Gasteiger partial charge in [0.2, 0.25) is 5.95 Å². The molecule has 9 nitrogen and oxygen atoms in total. The Bertz CT molecular complexity index is 1560. The van der Waals surface area contributed by atoms with Crippen molar-refractivity contribution in [2.45, 2.75) is 63.7 Å². The van der Waals surface area contributed by atoms with Crippen LogP contribution >= 0.6 is 0 Å². The lowest BCUT2D eigenvalue weighted by atomic mass is 9.89. The summed E-state index contributed by atoms with van der Waals surface area (Å²) in [4.78, 5) is 9.28. The van der Waals surface area contributed by atoms with E-state index in [1.54, 1.807) is 7.11 Å². The molecule has 2 aromatic carbocycles. The number of aliphatic hydroxyl groups is 1. The number of methoxy groups -OCH3 is 1. The van der Waals surface area contributed by atoms with E-state index in [1.165, 1.54) is 11.1 Å². The standard InChI is InChI=1S/C32H40N6O3/c1-3-7-24(17-39)35-31-30-29(36-32(33)37-31)26-10-4-5-11-27(26)38(30)16-22-14-21(12-13-28(22)40-2)20-8-6-9-23(15-20)34-25-18-41-19-25/h4-5,10-15,23-25,34,39H,3,6-9,16-19H2,1-2H3,(H3,33,35,36,37)/t23?,24-/m0/s1. The first-order chi connectivity index (χ1) is 20.1.